The largest absolute Gasteiger partial charge is 0.379 e. The van der Waals surface area contributed by atoms with Gasteiger partial charge in [-0.3, -0.25) is 0 Å². The molecule has 0 radical (unpaired) electrons. The second kappa shape index (κ2) is 10.5. The molecule has 0 fully saturated rings. The van der Waals surface area contributed by atoms with Crippen LogP contribution in [-0.4, -0.2) is 32.3 Å². The lowest BCUT2D eigenvalue weighted by Crippen LogP contribution is -2.39. The lowest BCUT2D eigenvalue weighted by Gasteiger charge is -2.12. The van der Waals surface area contributed by atoms with Gasteiger partial charge in [0.2, 0.25) is 0 Å². The zero-order chi connectivity index (χ0) is 15.5. The first-order chi connectivity index (χ1) is 10.1. The number of aliphatic imine (C=N–C) groups is 1. The van der Waals surface area contributed by atoms with Gasteiger partial charge in [-0.15, -0.1) is 0 Å². The van der Waals surface area contributed by atoms with E-state index in [2.05, 4.69) is 29.5 Å². The Kier molecular flexibility index (Phi) is 8.87. The Morgan fingerprint density at radius 1 is 1.29 bits per heavy atom. The molecule has 2 N–H and O–H groups in total. The summed E-state index contributed by atoms with van der Waals surface area (Å²) in [6, 6.07) is 7.76. The Hall–Kier alpha value is -1.26. The summed E-state index contributed by atoms with van der Waals surface area (Å²) in [7, 11) is 0. The number of ether oxygens (including phenoxy) is 1. The van der Waals surface area contributed by atoms with Crippen molar-refractivity contribution >= 4 is 17.6 Å². The van der Waals surface area contributed by atoms with Gasteiger partial charge in [-0.1, -0.05) is 43.6 Å². The normalized spacial score (nSPS) is 11.8. The van der Waals surface area contributed by atoms with Crippen LogP contribution in [0.5, 0.6) is 0 Å². The molecule has 0 saturated heterocycles. The minimum Gasteiger partial charge on any atom is -0.379 e. The van der Waals surface area contributed by atoms with Gasteiger partial charge in [0.15, 0.2) is 5.96 Å². The molecule has 5 heteroatoms. The fourth-order valence-electron chi connectivity index (χ4n) is 1.69. The molecule has 0 aliphatic rings. The fraction of sp³-hybridized carbons (Fsp3) is 0.562. The number of guanidine groups is 1. The van der Waals surface area contributed by atoms with Crippen LogP contribution >= 0.6 is 11.6 Å². The molecule has 118 valence electrons. The molecule has 0 unspecified atom stereocenters. The van der Waals surface area contributed by atoms with Crippen molar-refractivity contribution in [2.75, 3.05) is 26.3 Å². The van der Waals surface area contributed by atoms with Crippen molar-refractivity contribution in [1.29, 1.82) is 0 Å². The first-order valence-corrected chi connectivity index (χ1v) is 7.84. The van der Waals surface area contributed by atoms with Crippen LogP contribution in [0, 0.1) is 5.92 Å². The van der Waals surface area contributed by atoms with Crippen LogP contribution in [0.1, 0.15) is 26.3 Å². The SMILES string of the molecule is CCNC(=NCc1ccccc1Cl)NCCOCC(C)C. The van der Waals surface area contributed by atoms with E-state index in [1.54, 1.807) is 0 Å². The topological polar surface area (TPSA) is 45.7 Å². The second-order valence-electron chi connectivity index (χ2n) is 5.18. The molecule has 0 bridgehead atoms. The average Bonchev–Trinajstić information content (AvgIpc) is 2.45. The summed E-state index contributed by atoms with van der Waals surface area (Å²) in [5.41, 5.74) is 1.02. The maximum absolute atomic E-state index is 6.13. The Morgan fingerprint density at radius 2 is 2.05 bits per heavy atom. The van der Waals surface area contributed by atoms with E-state index in [4.69, 9.17) is 16.3 Å². The summed E-state index contributed by atoms with van der Waals surface area (Å²) < 4.78 is 5.54. The van der Waals surface area contributed by atoms with Crippen molar-refractivity contribution in [2.45, 2.75) is 27.3 Å². The van der Waals surface area contributed by atoms with Crippen molar-refractivity contribution < 1.29 is 4.74 Å². The molecule has 0 aliphatic carbocycles. The number of nitrogens with one attached hydrogen (secondary N) is 2. The van der Waals surface area contributed by atoms with Gasteiger partial charge in [-0.2, -0.15) is 0 Å². The zero-order valence-corrected chi connectivity index (χ0v) is 13.9. The van der Waals surface area contributed by atoms with Crippen LogP contribution in [0.3, 0.4) is 0 Å². The number of nitrogens with zero attached hydrogens (tertiary/aromatic N) is 1. The maximum Gasteiger partial charge on any atom is 0.191 e. The van der Waals surface area contributed by atoms with E-state index < -0.39 is 0 Å². The first kappa shape index (κ1) is 17.8. The Labute approximate surface area is 132 Å². The highest BCUT2D eigenvalue weighted by Gasteiger charge is 2.00. The number of hydrogen-bond donors (Lipinski definition) is 2. The van der Waals surface area contributed by atoms with Gasteiger partial charge in [-0.05, 0) is 24.5 Å². The van der Waals surface area contributed by atoms with Crippen molar-refractivity contribution in [3.63, 3.8) is 0 Å². The summed E-state index contributed by atoms with van der Waals surface area (Å²) in [4.78, 5) is 4.53. The molecule has 0 amide bonds. The number of halogens is 1. The van der Waals surface area contributed by atoms with Crippen LogP contribution in [0.15, 0.2) is 29.3 Å². The minimum absolute atomic E-state index is 0.557. The smallest absolute Gasteiger partial charge is 0.191 e. The molecule has 21 heavy (non-hydrogen) atoms. The second-order valence-corrected chi connectivity index (χ2v) is 5.59. The Bertz CT molecular complexity index is 435. The lowest BCUT2D eigenvalue weighted by molar-refractivity contribution is 0.114. The average molecular weight is 312 g/mol. The van der Waals surface area contributed by atoms with Crippen LogP contribution in [-0.2, 0) is 11.3 Å². The monoisotopic (exact) mass is 311 g/mol. The predicted octanol–water partition coefficient (Wildman–Crippen LogP) is 3.07. The highest BCUT2D eigenvalue weighted by atomic mass is 35.5. The summed E-state index contributed by atoms with van der Waals surface area (Å²) in [5.74, 6) is 1.35. The highest BCUT2D eigenvalue weighted by molar-refractivity contribution is 6.31. The van der Waals surface area contributed by atoms with Gasteiger partial charge in [0.1, 0.15) is 0 Å². The molecule has 4 nitrogen and oxygen atoms in total. The third kappa shape index (κ3) is 7.93. The van der Waals surface area contributed by atoms with Crippen molar-refractivity contribution in [3.8, 4) is 0 Å². The zero-order valence-electron chi connectivity index (χ0n) is 13.2. The number of hydrogen-bond acceptors (Lipinski definition) is 2. The standard InChI is InChI=1S/C16H26ClN3O/c1-4-18-16(19-9-10-21-12-13(2)3)20-11-14-7-5-6-8-15(14)17/h5-8,13H,4,9-12H2,1-3H3,(H2,18,19,20). The first-order valence-electron chi connectivity index (χ1n) is 7.46. The summed E-state index contributed by atoms with van der Waals surface area (Å²) in [6.07, 6.45) is 0. The van der Waals surface area contributed by atoms with Gasteiger partial charge in [-0.25, -0.2) is 4.99 Å². The minimum atomic E-state index is 0.557. The van der Waals surface area contributed by atoms with E-state index in [1.165, 1.54) is 0 Å². The van der Waals surface area contributed by atoms with Crippen LogP contribution in [0.25, 0.3) is 0 Å². The van der Waals surface area contributed by atoms with Crippen molar-refractivity contribution in [1.82, 2.24) is 10.6 Å². The Balaban J connectivity index is 2.41. The van der Waals surface area contributed by atoms with Gasteiger partial charge < -0.3 is 15.4 Å². The highest BCUT2D eigenvalue weighted by Crippen LogP contribution is 2.15. The van der Waals surface area contributed by atoms with Gasteiger partial charge in [0.25, 0.3) is 0 Å². The van der Waals surface area contributed by atoms with Crippen molar-refractivity contribution in [2.24, 2.45) is 10.9 Å². The van der Waals surface area contributed by atoms with E-state index in [9.17, 15) is 0 Å². The van der Waals surface area contributed by atoms with E-state index >= 15 is 0 Å². The van der Waals surface area contributed by atoms with E-state index in [0.29, 0.717) is 19.1 Å². The van der Waals surface area contributed by atoms with Crippen LogP contribution in [0.4, 0.5) is 0 Å². The van der Waals surface area contributed by atoms with Gasteiger partial charge >= 0.3 is 0 Å². The van der Waals surface area contributed by atoms with Crippen molar-refractivity contribution in [3.05, 3.63) is 34.9 Å². The van der Waals surface area contributed by atoms with E-state index in [-0.39, 0.29) is 0 Å². The molecule has 0 spiro atoms. The lowest BCUT2D eigenvalue weighted by atomic mass is 10.2. The quantitative estimate of drug-likeness (QED) is 0.440. The van der Waals surface area contributed by atoms with Gasteiger partial charge in [0, 0.05) is 24.7 Å². The molecule has 0 aliphatic heterocycles. The van der Waals surface area contributed by atoms with E-state index in [1.807, 2.05) is 31.2 Å². The summed E-state index contributed by atoms with van der Waals surface area (Å²) in [5, 5.41) is 7.21. The third-order valence-electron chi connectivity index (χ3n) is 2.70. The molecular formula is C16H26ClN3O. The molecule has 0 saturated carbocycles. The Morgan fingerprint density at radius 3 is 2.71 bits per heavy atom. The molecule has 1 aromatic rings. The summed E-state index contributed by atoms with van der Waals surface area (Å²) in [6.45, 7) is 9.90. The molecule has 1 rings (SSSR count). The third-order valence-corrected chi connectivity index (χ3v) is 3.07. The molecular weight excluding hydrogens is 286 g/mol. The molecule has 0 heterocycles. The molecule has 0 aromatic heterocycles. The summed E-state index contributed by atoms with van der Waals surface area (Å²) >= 11 is 6.13. The molecule has 0 atom stereocenters. The predicted molar refractivity (Wildman–Crippen MR) is 89.9 cm³/mol. The van der Waals surface area contributed by atoms with Gasteiger partial charge in [0.05, 0.1) is 13.2 Å². The van der Waals surface area contributed by atoms with Crippen LogP contribution < -0.4 is 10.6 Å². The number of benzene rings is 1. The fourth-order valence-corrected chi connectivity index (χ4v) is 1.89. The molecule has 1 aromatic carbocycles. The number of rotatable bonds is 8. The van der Waals surface area contributed by atoms with Crippen LogP contribution in [0.2, 0.25) is 5.02 Å². The maximum atomic E-state index is 6.13. The van der Waals surface area contributed by atoms with E-state index in [0.717, 1.165) is 36.2 Å².